The number of amides is 3. The lowest BCUT2D eigenvalue weighted by Gasteiger charge is -2.33. The molecule has 0 unspecified atom stereocenters. The number of nitrogens with zero attached hydrogens (tertiary/aromatic N) is 2. The minimum Gasteiger partial charge on any atom is -0.338 e. The predicted molar refractivity (Wildman–Crippen MR) is 103 cm³/mol. The Labute approximate surface area is 165 Å². The van der Waals surface area contributed by atoms with E-state index in [1.165, 1.54) is 22.5 Å². The zero-order valence-corrected chi connectivity index (χ0v) is 17.0. The second-order valence-corrected chi connectivity index (χ2v) is 9.00. The molecule has 1 aliphatic heterocycles. The smallest absolute Gasteiger partial charge is 0.321 e. The van der Waals surface area contributed by atoms with Crippen LogP contribution in [0.2, 0.25) is 0 Å². The summed E-state index contributed by atoms with van der Waals surface area (Å²) in [6.45, 7) is 5.48. The molecule has 0 bridgehead atoms. The van der Waals surface area contributed by atoms with Crippen LogP contribution in [0.4, 0.5) is 9.18 Å². The van der Waals surface area contributed by atoms with Gasteiger partial charge in [-0.05, 0) is 24.5 Å². The first kappa shape index (κ1) is 22.3. The molecule has 0 atom stereocenters. The van der Waals surface area contributed by atoms with Crippen molar-refractivity contribution in [1.82, 2.24) is 19.8 Å². The Morgan fingerprint density at radius 3 is 2.39 bits per heavy atom. The highest BCUT2D eigenvalue weighted by molar-refractivity contribution is 7.89. The van der Waals surface area contributed by atoms with Gasteiger partial charge in [0.2, 0.25) is 15.9 Å². The minimum absolute atomic E-state index is 0.00874. The van der Waals surface area contributed by atoms with E-state index in [2.05, 4.69) is 10.6 Å². The average molecular weight is 415 g/mol. The molecule has 1 saturated heterocycles. The van der Waals surface area contributed by atoms with Crippen LogP contribution in [-0.2, 0) is 14.8 Å². The number of urea groups is 1. The summed E-state index contributed by atoms with van der Waals surface area (Å²) in [5, 5.41) is 4.88. The summed E-state index contributed by atoms with van der Waals surface area (Å²) >= 11 is 0. The lowest BCUT2D eigenvalue weighted by Crippen LogP contribution is -2.52. The fraction of sp³-hybridized carbons (Fsp3) is 0.556. The van der Waals surface area contributed by atoms with Crippen molar-refractivity contribution in [3.8, 4) is 0 Å². The third kappa shape index (κ3) is 6.25. The van der Waals surface area contributed by atoms with E-state index in [0.717, 1.165) is 12.5 Å². The number of carbonyl (C=O) groups is 2. The SMILES string of the molecule is CC(C)CCNC(=O)NC(=O)CN1CCN(S(=O)(=O)c2ccccc2F)CC1. The van der Waals surface area contributed by atoms with Crippen LogP contribution < -0.4 is 10.6 Å². The van der Waals surface area contributed by atoms with Crippen LogP contribution in [0, 0.1) is 11.7 Å². The van der Waals surface area contributed by atoms with Crippen molar-refractivity contribution in [3.05, 3.63) is 30.1 Å². The summed E-state index contributed by atoms with van der Waals surface area (Å²) in [6.07, 6.45) is 0.819. The van der Waals surface area contributed by atoms with Gasteiger partial charge in [-0.25, -0.2) is 17.6 Å². The van der Waals surface area contributed by atoms with E-state index in [-0.39, 0.29) is 24.5 Å². The van der Waals surface area contributed by atoms with Gasteiger partial charge in [0.05, 0.1) is 6.54 Å². The summed E-state index contributed by atoms with van der Waals surface area (Å²) in [5.41, 5.74) is 0. The topological polar surface area (TPSA) is 98.8 Å². The van der Waals surface area contributed by atoms with Gasteiger partial charge >= 0.3 is 6.03 Å². The van der Waals surface area contributed by atoms with E-state index in [1.807, 2.05) is 13.8 Å². The van der Waals surface area contributed by atoms with Gasteiger partial charge in [0.15, 0.2) is 0 Å². The normalized spacial score (nSPS) is 16.1. The molecule has 0 radical (unpaired) electrons. The van der Waals surface area contributed by atoms with Crippen LogP contribution >= 0.6 is 0 Å². The number of nitrogens with one attached hydrogen (secondary N) is 2. The second-order valence-electron chi connectivity index (χ2n) is 7.10. The van der Waals surface area contributed by atoms with E-state index in [4.69, 9.17) is 0 Å². The molecule has 1 heterocycles. The number of hydrogen-bond donors (Lipinski definition) is 2. The van der Waals surface area contributed by atoms with Gasteiger partial charge in [0.25, 0.3) is 0 Å². The number of rotatable bonds is 7. The quantitative estimate of drug-likeness (QED) is 0.694. The highest BCUT2D eigenvalue weighted by atomic mass is 32.2. The molecule has 1 fully saturated rings. The third-order valence-corrected chi connectivity index (χ3v) is 6.35. The van der Waals surface area contributed by atoms with Crippen molar-refractivity contribution in [3.63, 3.8) is 0 Å². The Bertz CT molecular complexity index is 793. The number of hydrogen-bond acceptors (Lipinski definition) is 5. The lowest BCUT2D eigenvalue weighted by atomic mass is 10.1. The molecular formula is C18H27FN4O4S. The van der Waals surface area contributed by atoms with E-state index < -0.39 is 27.8 Å². The van der Waals surface area contributed by atoms with Crippen molar-refractivity contribution in [2.75, 3.05) is 39.3 Å². The molecule has 10 heteroatoms. The molecule has 0 spiro atoms. The number of halogens is 1. The summed E-state index contributed by atoms with van der Waals surface area (Å²) < 4.78 is 40.2. The van der Waals surface area contributed by atoms with Crippen molar-refractivity contribution < 1.29 is 22.4 Å². The van der Waals surface area contributed by atoms with Crippen molar-refractivity contribution in [1.29, 1.82) is 0 Å². The first-order valence-electron chi connectivity index (χ1n) is 9.25. The molecule has 28 heavy (non-hydrogen) atoms. The van der Waals surface area contributed by atoms with Gasteiger partial charge in [-0.15, -0.1) is 0 Å². The summed E-state index contributed by atoms with van der Waals surface area (Å²) in [6, 6.07) is 4.72. The van der Waals surface area contributed by atoms with E-state index in [9.17, 15) is 22.4 Å². The maximum atomic E-state index is 13.8. The van der Waals surface area contributed by atoms with Gasteiger partial charge in [-0.1, -0.05) is 26.0 Å². The maximum absolute atomic E-state index is 13.8. The largest absolute Gasteiger partial charge is 0.338 e. The van der Waals surface area contributed by atoms with Gasteiger partial charge in [-0.3, -0.25) is 15.0 Å². The second kappa shape index (κ2) is 9.94. The molecule has 1 aliphatic rings. The number of carbonyl (C=O) groups excluding carboxylic acids is 2. The Morgan fingerprint density at radius 2 is 1.79 bits per heavy atom. The Kier molecular flexibility index (Phi) is 7.90. The maximum Gasteiger partial charge on any atom is 0.321 e. The highest BCUT2D eigenvalue weighted by Gasteiger charge is 2.30. The minimum atomic E-state index is -3.91. The molecule has 1 aromatic rings. The molecule has 0 saturated carbocycles. The average Bonchev–Trinajstić information content (AvgIpc) is 2.62. The molecule has 156 valence electrons. The molecule has 3 amide bonds. The van der Waals surface area contributed by atoms with E-state index in [1.54, 1.807) is 4.90 Å². The number of piperazine rings is 1. The molecular weight excluding hydrogens is 387 g/mol. The Morgan fingerprint density at radius 1 is 1.14 bits per heavy atom. The van der Waals surface area contributed by atoms with E-state index in [0.29, 0.717) is 25.6 Å². The van der Waals surface area contributed by atoms with Crippen LogP contribution in [0.25, 0.3) is 0 Å². The van der Waals surface area contributed by atoms with Crippen LogP contribution in [0.15, 0.2) is 29.2 Å². The first-order valence-corrected chi connectivity index (χ1v) is 10.7. The Hall–Kier alpha value is -2.04. The molecule has 1 aromatic carbocycles. The van der Waals surface area contributed by atoms with Crippen molar-refractivity contribution in [2.45, 2.75) is 25.2 Å². The fourth-order valence-electron chi connectivity index (χ4n) is 2.81. The molecule has 8 nitrogen and oxygen atoms in total. The predicted octanol–water partition coefficient (Wildman–Crippen LogP) is 1.00. The van der Waals surface area contributed by atoms with Gasteiger partial charge in [-0.2, -0.15) is 4.31 Å². The monoisotopic (exact) mass is 414 g/mol. The van der Waals surface area contributed by atoms with Crippen LogP contribution in [0.3, 0.4) is 0 Å². The molecule has 2 rings (SSSR count). The standard InChI is InChI=1S/C18H27FN4O4S/c1-14(2)7-8-20-18(25)21-17(24)13-22-9-11-23(12-10-22)28(26,27)16-6-4-3-5-15(16)19/h3-6,14H,7-13H2,1-2H3,(H2,20,21,24,25). The molecule has 0 aromatic heterocycles. The summed E-state index contributed by atoms with van der Waals surface area (Å²) in [5.74, 6) is -0.784. The summed E-state index contributed by atoms with van der Waals surface area (Å²) in [7, 11) is -3.91. The fourth-order valence-corrected chi connectivity index (χ4v) is 4.30. The highest BCUT2D eigenvalue weighted by Crippen LogP contribution is 2.20. The third-order valence-electron chi connectivity index (χ3n) is 4.41. The van der Waals surface area contributed by atoms with Gasteiger partial charge in [0.1, 0.15) is 10.7 Å². The molecule has 2 N–H and O–H groups in total. The number of sulfonamides is 1. The zero-order valence-electron chi connectivity index (χ0n) is 16.2. The van der Waals surface area contributed by atoms with Crippen LogP contribution in [0.1, 0.15) is 20.3 Å². The van der Waals surface area contributed by atoms with Crippen LogP contribution in [-0.4, -0.2) is 68.8 Å². The van der Waals surface area contributed by atoms with Gasteiger partial charge in [0, 0.05) is 32.7 Å². The van der Waals surface area contributed by atoms with E-state index >= 15 is 0 Å². The molecule has 0 aliphatic carbocycles. The zero-order chi connectivity index (χ0) is 20.7. The van der Waals surface area contributed by atoms with Crippen molar-refractivity contribution in [2.24, 2.45) is 5.92 Å². The number of benzene rings is 1. The lowest BCUT2D eigenvalue weighted by molar-refractivity contribution is -0.121. The number of imide groups is 1. The van der Waals surface area contributed by atoms with Crippen molar-refractivity contribution >= 4 is 22.0 Å². The van der Waals surface area contributed by atoms with Gasteiger partial charge < -0.3 is 5.32 Å². The first-order chi connectivity index (χ1) is 13.2. The summed E-state index contributed by atoms with van der Waals surface area (Å²) in [4.78, 5) is 25.0. The Balaban J connectivity index is 1.80. The van der Waals surface area contributed by atoms with Crippen LogP contribution in [0.5, 0.6) is 0 Å².